The summed E-state index contributed by atoms with van der Waals surface area (Å²) in [6.07, 6.45) is -0.385. The zero-order valence-corrected chi connectivity index (χ0v) is 13.1. The third-order valence-corrected chi connectivity index (χ3v) is 4.36. The smallest absolute Gasteiger partial charge is 0.251 e. The average molecular weight is 349 g/mol. The molecule has 5 heteroatoms. The van der Waals surface area contributed by atoms with Gasteiger partial charge in [-0.25, -0.2) is 0 Å². The molecule has 1 aliphatic rings. The number of aliphatic hydroxyl groups is 1. The molecule has 4 nitrogen and oxygen atoms in total. The van der Waals surface area contributed by atoms with Crippen molar-refractivity contribution in [1.82, 2.24) is 10.6 Å². The molecule has 0 saturated carbocycles. The predicted molar refractivity (Wildman–Crippen MR) is 86.3 cm³/mol. The first-order valence-electron chi connectivity index (χ1n) is 7.00. The SMILES string of the molecule is O=C(NCC1CNCC1O)c1cc(Br)cc2ccccc12. The van der Waals surface area contributed by atoms with Crippen LogP contribution in [0.15, 0.2) is 40.9 Å². The van der Waals surface area contributed by atoms with Crippen molar-refractivity contribution >= 4 is 32.6 Å². The van der Waals surface area contributed by atoms with E-state index in [1.165, 1.54) is 0 Å². The molecule has 0 aromatic heterocycles. The summed E-state index contributed by atoms with van der Waals surface area (Å²) >= 11 is 3.45. The van der Waals surface area contributed by atoms with Crippen molar-refractivity contribution in [3.63, 3.8) is 0 Å². The fraction of sp³-hybridized carbons (Fsp3) is 0.312. The van der Waals surface area contributed by atoms with Crippen LogP contribution in [0.3, 0.4) is 0 Å². The molecule has 2 aromatic carbocycles. The van der Waals surface area contributed by atoms with Crippen molar-refractivity contribution < 1.29 is 9.90 Å². The van der Waals surface area contributed by atoms with Gasteiger partial charge in [0.05, 0.1) is 6.10 Å². The van der Waals surface area contributed by atoms with Crippen LogP contribution in [0.4, 0.5) is 0 Å². The Morgan fingerprint density at radius 1 is 1.33 bits per heavy atom. The van der Waals surface area contributed by atoms with E-state index in [0.717, 1.165) is 21.8 Å². The van der Waals surface area contributed by atoms with Crippen molar-refractivity contribution in [2.45, 2.75) is 6.10 Å². The van der Waals surface area contributed by atoms with E-state index in [2.05, 4.69) is 26.6 Å². The maximum absolute atomic E-state index is 12.4. The van der Waals surface area contributed by atoms with Crippen molar-refractivity contribution in [1.29, 1.82) is 0 Å². The van der Waals surface area contributed by atoms with Crippen molar-refractivity contribution in [3.8, 4) is 0 Å². The molecule has 2 atom stereocenters. The van der Waals surface area contributed by atoms with Crippen LogP contribution < -0.4 is 10.6 Å². The van der Waals surface area contributed by atoms with Gasteiger partial charge in [-0.3, -0.25) is 4.79 Å². The highest BCUT2D eigenvalue weighted by molar-refractivity contribution is 9.10. The fourth-order valence-corrected chi connectivity index (χ4v) is 3.18. The number of hydrogen-bond donors (Lipinski definition) is 3. The van der Waals surface area contributed by atoms with Crippen molar-refractivity contribution in [3.05, 3.63) is 46.4 Å². The Morgan fingerprint density at radius 3 is 2.90 bits per heavy atom. The number of aliphatic hydroxyl groups excluding tert-OH is 1. The molecule has 1 fully saturated rings. The first kappa shape index (κ1) is 14.5. The molecule has 2 unspecified atom stereocenters. The molecule has 1 amide bonds. The summed E-state index contributed by atoms with van der Waals surface area (Å²) in [5.41, 5.74) is 0.653. The quantitative estimate of drug-likeness (QED) is 0.793. The van der Waals surface area contributed by atoms with Crippen LogP contribution in [0.1, 0.15) is 10.4 Å². The summed E-state index contributed by atoms with van der Waals surface area (Å²) in [7, 11) is 0. The molecule has 1 heterocycles. The van der Waals surface area contributed by atoms with Gasteiger partial charge in [0.1, 0.15) is 0 Å². The Morgan fingerprint density at radius 2 is 2.14 bits per heavy atom. The molecule has 0 bridgehead atoms. The highest BCUT2D eigenvalue weighted by Crippen LogP contribution is 2.24. The Labute approximate surface area is 131 Å². The second kappa shape index (κ2) is 6.13. The summed E-state index contributed by atoms with van der Waals surface area (Å²) in [6.45, 7) is 1.81. The van der Waals surface area contributed by atoms with Crippen molar-refractivity contribution in [2.75, 3.05) is 19.6 Å². The second-order valence-corrected chi connectivity index (χ2v) is 6.29. The molecule has 0 aliphatic carbocycles. The predicted octanol–water partition coefficient (Wildman–Crippen LogP) is 1.91. The van der Waals surface area contributed by atoms with Crippen LogP contribution in [0, 0.1) is 5.92 Å². The Hall–Kier alpha value is -1.43. The number of carbonyl (C=O) groups excluding carboxylic acids is 1. The average Bonchev–Trinajstić information content (AvgIpc) is 2.89. The number of β-amino-alcohol motifs (C(OH)–C–C–N with tert-alkyl or cyclic N) is 1. The lowest BCUT2D eigenvalue weighted by molar-refractivity contribution is 0.0928. The van der Waals surface area contributed by atoms with Crippen molar-refractivity contribution in [2.24, 2.45) is 5.92 Å². The van der Waals surface area contributed by atoms with E-state index >= 15 is 0 Å². The minimum atomic E-state index is -0.385. The summed E-state index contributed by atoms with van der Waals surface area (Å²) in [5.74, 6) is -0.0287. The summed E-state index contributed by atoms with van der Waals surface area (Å²) < 4.78 is 0.883. The third-order valence-electron chi connectivity index (χ3n) is 3.90. The monoisotopic (exact) mass is 348 g/mol. The molecule has 21 heavy (non-hydrogen) atoms. The van der Waals surface area contributed by atoms with Crippen LogP contribution in [-0.4, -0.2) is 36.8 Å². The van der Waals surface area contributed by atoms with E-state index in [-0.39, 0.29) is 17.9 Å². The number of amides is 1. The van der Waals surface area contributed by atoms with Gasteiger partial charge in [0.25, 0.3) is 5.91 Å². The van der Waals surface area contributed by atoms with Gasteiger partial charge in [0.2, 0.25) is 0 Å². The van der Waals surface area contributed by atoms with Gasteiger partial charge in [0, 0.05) is 35.6 Å². The minimum Gasteiger partial charge on any atom is -0.391 e. The van der Waals surface area contributed by atoms with Gasteiger partial charge in [-0.2, -0.15) is 0 Å². The van der Waals surface area contributed by atoms with E-state index < -0.39 is 0 Å². The second-order valence-electron chi connectivity index (χ2n) is 5.37. The van der Waals surface area contributed by atoms with E-state index in [0.29, 0.717) is 18.7 Å². The number of nitrogens with one attached hydrogen (secondary N) is 2. The number of carbonyl (C=O) groups is 1. The number of halogens is 1. The van der Waals surface area contributed by atoms with Gasteiger partial charge in [-0.15, -0.1) is 0 Å². The highest BCUT2D eigenvalue weighted by Gasteiger charge is 2.25. The largest absolute Gasteiger partial charge is 0.391 e. The van der Waals surface area contributed by atoms with E-state index in [1.807, 2.05) is 36.4 Å². The summed E-state index contributed by atoms with van der Waals surface area (Å²) in [5, 5.41) is 17.8. The molecule has 0 radical (unpaired) electrons. The maximum atomic E-state index is 12.4. The van der Waals surface area contributed by atoms with Crippen LogP contribution in [0.2, 0.25) is 0 Å². The van der Waals surface area contributed by atoms with E-state index in [4.69, 9.17) is 0 Å². The third kappa shape index (κ3) is 3.10. The topological polar surface area (TPSA) is 61.4 Å². The highest BCUT2D eigenvalue weighted by atomic mass is 79.9. The maximum Gasteiger partial charge on any atom is 0.251 e. The Kier molecular flexibility index (Phi) is 4.24. The zero-order chi connectivity index (χ0) is 14.8. The normalized spacial score (nSPS) is 21.6. The molecule has 0 spiro atoms. The fourth-order valence-electron chi connectivity index (χ4n) is 2.71. The molecule has 1 aliphatic heterocycles. The molecular weight excluding hydrogens is 332 g/mol. The molecule has 2 aromatic rings. The Balaban J connectivity index is 1.81. The first-order valence-corrected chi connectivity index (χ1v) is 7.80. The van der Waals surface area contributed by atoms with Gasteiger partial charge >= 0.3 is 0 Å². The lowest BCUT2D eigenvalue weighted by Crippen LogP contribution is -2.34. The summed E-state index contributed by atoms with van der Waals surface area (Å²) in [4.78, 5) is 12.4. The number of hydrogen-bond acceptors (Lipinski definition) is 3. The standard InChI is InChI=1S/C16H17BrN2O2/c17-12-5-10-3-1-2-4-13(10)14(6-12)16(21)19-8-11-7-18-9-15(11)20/h1-6,11,15,18,20H,7-9H2,(H,19,21). The molecule has 1 saturated heterocycles. The van der Waals surface area contributed by atoms with Crippen LogP contribution in [0.5, 0.6) is 0 Å². The summed E-state index contributed by atoms with van der Waals surface area (Å²) in [6, 6.07) is 11.6. The van der Waals surface area contributed by atoms with Gasteiger partial charge in [-0.1, -0.05) is 40.2 Å². The lowest BCUT2D eigenvalue weighted by atomic mass is 10.0. The molecule has 110 valence electrons. The molecule has 3 rings (SSSR count). The molecular formula is C16H17BrN2O2. The van der Waals surface area contributed by atoms with Crippen LogP contribution in [0.25, 0.3) is 10.8 Å². The zero-order valence-electron chi connectivity index (χ0n) is 11.5. The van der Waals surface area contributed by atoms with Gasteiger partial charge in [0.15, 0.2) is 0 Å². The Bertz CT molecular complexity index is 674. The number of fused-ring (bicyclic) bond motifs is 1. The van der Waals surface area contributed by atoms with Gasteiger partial charge < -0.3 is 15.7 Å². The van der Waals surface area contributed by atoms with Crippen LogP contribution in [-0.2, 0) is 0 Å². The number of benzene rings is 2. The minimum absolute atomic E-state index is 0.0763. The van der Waals surface area contributed by atoms with Gasteiger partial charge in [-0.05, 0) is 22.9 Å². The number of rotatable bonds is 3. The lowest BCUT2D eigenvalue weighted by Gasteiger charge is -2.15. The first-order chi connectivity index (χ1) is 10.1. The van der Waals surface area contributed by atoms with E-state index in [1.54, 1.807) is 0 Å². The van der Waals surface area contributed by atoms with E-state index in [9.17, 15) is 9.90 Å². The van der Waals surface area contributed by atoms with Crippen LogP contribution >= 0.6 is 15.9 Å². The molecule has 3 N–H and O–H groups in total.